The van der Waals surface area contributed by atoms with Gasteiger partial charge in [0.05, 0.1) is 19.9 Å². The number of anilines is 2. The molecule has 1 amide bonds. The minimum absolute atomic E-state index is 0.137. The molecule has 0 radical (unpaired) electrons. The third-order valence-corrected chi connectivity index (χ3v) is 4.54. The number of nitrogens with zero attached hydrogens (tertiary/aromatic N) is 1. The van der Waals surface area contributed by atoms with Crippen LogP contribution in [0.1, 0.15) is 18.9 Å². The maximum absolute atomic E-state index is 12.7. The van der Waals surface area contributed by atoms with E-state index in [-0.39, 0.29) is 11.9 Å². The Labute approximate surface area is 148 Å². The highest BCUT2D eigenvalue weighted by Crippen LogP contribution is 2.32. The highest BCUT2D eigenvalue weighted by Gasteiger charge is 2.29. The molecule has 0 spiro atoms. The number of hydrogen-bond acceptors (Lipinski definition) is 4. The molecule has 1 N–H and O–H groups in total. The Balaban J connectivity index is 1.62. The molecule has 0 bridgehead atoms. The van der Waals surface area contributed by atoms with Crippen LogP contribution in [-0.2, 0) is 11.2 Å². The molecule has 3 rings (SSSR count). The summed E-state index contributed by atoms with van der Waals surface area (Å²) in [5.74, 6) is 1.57. The van der Waals surface area contributed by atoms with E-state index in [1.54, 1.807) is 14.2 Å². The number of methoxy groups -OCH3 is 2. The predicted molar refractivity (Wildman–Crippen MR) is 99.7 cm³/mol. The Bertz CT molecular complexity index is 760. The summed E-state index contributed by atoms with van der Waals surface area (Å²) < 4.78 is 10.6. The lowest BCUT2D eigenvalue weighted by Crippen LogP contribution is -2.36. The van der Waals surface area contributed by atoms with Crippen molar-refractivity contribution in [3.8, 4) is 11.5 Å². The second-order valence-corrected chi connectivity index (χ2v) is 6.19. The van der Waals surface area contributed by atoms with Crippen molar-refractivity contribution < 1.29 is 14.3 Å². The number of rotatable bonds is 6. The zero-order valence-corrected chi connectivity index (χ0v) is 14.9. The van der Waals surface area contributed by atoms with Gasteiger partial charge in [-0.15, -0.1) is 0 Å². The van der Waals surface area contributed by atoms with Crippen LogP contribution in [0, 0.1) is 0 Å². The molecule has 0 saturated carbocycles. The van der Waals surface area contributed by atoms with E-state index in [4.69, 9.17) is 9.47 Å². The molecule has 1 atom stereocenters. The van der Waals surface area contributed by atoms with Crippen molar-refractivity contribution in [2.24, 2.45) is 0 Å². The number of amides is 1. The SMILES string of the molecule is COc1ccc(NCCC(=O)N2c3ccccc3CC2C)c(OC)c1. The molecule has 0 aliphatic carbocycles. The summed E-state index contributed by atoms with van der Waals surface area (Å²) >= 11 is 0. The monoisotopic (exact) mass is 340 g/mol. The molecule has 2 aromatic rings. The van der Waals surface area contributed by atoms with Crippen LogP contribution < -0.4 is 19.7 Å². The number of ether oxygens (including phenoxy) is 2. The van der Waals surface area contributed by atoms with Crippen LogP contribution >= 0.6 is 0 Å². The summed E-state index contributed by atoms with van der Waals surface area (Å²) in [6.45, 7) is 2.64. The number of fused-ring (bicyclic) bond motifs is 1. The normalized spacial score (nSPS) is 15.6. The lowest BCUT2D eigenvalue weighted by molar-refractivity contribution is -0.118. The molecular weight excluding hydrogens is 316 g/mol. The maximum Gasteiger partial charge on any atom is 0.229 e. The fraction of sp³-hybridized carbons (Fsp3) is 0.350. The van der Waals surface area contributed by atoms with Crippen LogP contribution in [0.2, 0.25) is 0 Å². The van der Waals surface area contributed by atoms with Crippen LogP contribution in [-0.4, -0.2) is 32.7 Å². The molecule has 0 fully saturated rings. The summed E-state index contributed by atoms with van der Waals surface area (Å²) in [5.41, 5.74) is 3.14. The van der Waals surface area contributed by atoms with Crippen molar-refractivity contribution in [3.63, 3.8) is 0 Å². The topological polar surface area (TPSA) is 50.8 Å². The highest BCUT2D eigenvalue weighted by atomic mass is 16.5. The molecule has 132 valence electrons. The average molecular weight is 340 g/mol. The Kier molecular flexibility index (Phi) is 5.12. The van der Waals surface area contributed by atoms with Gasteiger partial charge >= 0.3 is 0 Å². The van der Waals surface area contributed by atoms with Gasteiger partial charge in [-0.25, -0.2) is 0 Å². The molecule has 0 saturated heterocycles. The van der Waals surface area contributed by atoms with Gasteiger partial charge in [0.2, 0.25) is 5.91 Å². The fourth-order valence-corrected chi connectivity index (χ4v) is 3.31. The third-order valence-electron chi connectivity index (χ3n) is 4.54. The van der Waals surface area contributed by atoms with E-state index in [9.17, 15) is 4.79 Å². The van der Waals surface area contributed by atoms with Gasteiger partial charge in [0, 0.05) is 30.8 Å². The molecular formula is C20H24N2O3. The molecule has 5 heteroatoms. The third kappa shape index (κ3) is 3.55. The number of para-hydroxylation sites is 1. The summed E-state index contributed by atoms with van der Waals surface area (Å²) in [6, 6.07) is 13.9. The summed E-state index contributed by atoms with van der Waals surface area (Å²) in [5, 5.41) is 3.28. The Hall–Kier alpha value is -2.69. The standard InChI is InChI=1S/C20H24N2O3/c1-14-12-15-6-4-5-7-18(15)22(14)20(23)10-11-21-17-9-8-16(24-2)13-19(17)25-3/h4-9,13-14,21H,10-12H2,1-3H3. The molecule has 1 aliphatic heterocycles. The lowest BCUT2D eigenvalue weighted by atomic mass is 10.1. The van der Waals surface area contributed by atoms with Gasteiger partial charge in [-0.05, 0) is 37.1 Å². The van der Waals surface area contributed by atoms with Crippen molar-refractivity contribution in [2.45, 2.75) is 25.8 Å². The first-order chi connectivity index (χ1) is 12.1. The van der Waals surface area contributed by atoms with Gasteiger partial charge in [0.25, 0.3) is 0 Å². The summed E-state index contributed by atoms with van der Waals surface area (Å²) in [4.78, 5) is 14.6. The van der Waals surface area contributed by atoms with E-state index >= 15 is 0 Å². The molecule has 25 heavy (non-hydrogen) atoms. The average Bonchev–Trinajstić information content (AvgIpc) is 2.97. The van der Waals surface area contributed by atoms with Gasteiger partial charge in [-0.2, -0.15) is 0 Å². The quantitative estimate of drug-likeness (QED) is 0.875. The predicted octanol–water partition coefficient (Wildman–Crippen LogP) is 3.48. The number of carbonyl (C=O) groups excluding carboxylic acids is 1. The number of nitrogens with one attached hydrogen (secondary N) is 1. The molecule has 2 aromatic carbocycles. The van der Waals surface area contributed by atoms with Crippen LogP contribution in [0.15, 0.2) is 42.5 Å². The van der Waals surface area contributed by atoms with Crippen molar-refractivity contribution in [1.82, 2.24) is 0 Å². The first-order valence-corrected chi connectivity index (χ1v) is 8.50. The number of benzene rings is 2. The van der Waals surface area contributed by atoms with E-state index in [1.165, 1.54) is 5.56 Å². The summed E-state index contributed by atoms with van der Waals surface area (Å²) in [6.07, 6.45) is 1.34. The minimum atomic E-state index is 0.137. The Morgan fingerprint density at radius 1 is 1.20 bits per heavy atom. The summed E-state index contributed by atoms with van der Waals surface area (Å²) in [7, 11) is 3.24. The van der Waals surface area contributed by atoms with E-state index in [0.717, 1.165) is 23.5 Å². The molecule has 1 aliphatic rings. The van der Waals surface area contributed by atoms with Crippen LogP contribution in [0.3, 0.4) is 0 Å². The van der Waals surface area contributed by atoms with Crippen LogP contribution in [0.5, 0.6) is 11.5 Å². The Morgan fingerprint density at radius 3 is 2.76 bits per heavy atom. The highest BCUT2D eigenvalue weighted by molar-refractivity contribution is 5.96. The molecule has 0 aromatic heterocycles. The van der Waals surface area contributed by atoms with Gasteiger partial charge in [-0.1, -0.05) is 18.2 Å². The fourth-order valence-electron chi connectivity index (χ4n) is 3.31. The lowest BCUT2D eigenvalue weighted by Gasteiger charge is -2.23. The Morgan fingerprint density at radius 2 is 2.00 bits per heavy atom. The van der Waals surface area contributed by atoms with Crippen molar-refractivity contribution in [1.29, 1.82) is 0 Å². The van der Waals surface area contributed by atoms with E-state index in [1.807, 2.05) is 41.3 Å². The second kappa shape index (κ2) is 7.47. The number of carbonyl (C=O) groups is 1. The number of hydrogen-bond donors (Lipinski definition) is 1. The molecule has 5 nitrogen and oxygen atoms in total. The molecule has 1 heterocycles. The van der Waals surface area contributed by atoms with E-state index in [2.05, 4.69) is 18.3 Å². The van der Waals surface area contributed by atoms with E-state index < -0.39 is 0 Å². The first kappa shape index (κ1) is 17.1. The maximum atomic E-state index is 12.7. The zero-order valence-electron chi connectivity index (χ0n) is 14.9. The van der Waals surface area contributed by atoms with Crippen molar-refractivity contribution in [3.05, 3.63) is 48.0 Å². The second-order valence-electron chi connectivity index (χ2n) is 6.19. The van der Waals surface area contributed by atoms with Gasteiger partial charge in [0.1, 0.15) is 11.5 Å². The molecule has 1 unspecified atom stereocenters. The van der Waals surface area contributed by atoms with Crippen LogP contribution in [0.25, 0.3) is 0 Å². The van der Waals surface area contributed by atoms with Gasteiger partial charge in [-0.3, -0.25) is 4.79 Å². The largest absolute Gasteiger partial charge is 0.497 e. The van der Waals surface area contributed by atoms with Crippen LogP contribution in [0.4, 0.5) is 11.4 Å². The van der Waals surface area contributed by atoms with E-state index in [0.29, 0.717) is 18.7 Å². The van der Waals surface area contributed by atoms with Crippen molar-refractivity contribution in [2.75, 3.05) is 31.0 Å². The smallest absolute Gasteiger partial charge is 0.229 e. The van der Waals surface area contributed by atoms with Gasteiger partial charge < -0.3 is 19.7 Å². The first-order valence-electron chi connectivity index (χ1n) is 8.50. The van der Waals surface area contributed by atoms with Gasteiger partial charge in [0.15, 0.2) is 0 Å². The zero-order chi connectivity index (χ0) is 17.8. The minimum Gasteiger partial charge on any atom is -0.497 e. The van der Waals surface area contributed by atoms with Crippen molar-refractivity contribution >= 4 is 17.3 Å².